The second-order valence-corrected chi connectivity index (χ2v) is 9.58. The molecule has 3 heterocycles. The molecule has 1 N–H and O–H groups in total. The van der Waals surface area contributed by atoms with E-state index in [0.717, 1.165) is 17.3 Å². The molecule has 0 bridgehead atoms. The van der Waals surface area contributed by atoms with E-state index in [1.165, 1.54) is 12.5 Å². The number of aryl methyl sites for hydroxylation is 1. The summed E-state index contributed by atoms with van der Waals surface area (Å²) in [7, 11) is -1.66. The van der Waals surface area contributed by atoms with Crippen molar-refractivity contribution in [2.75, 3.05) is 11.6 Å². The molecule has 0 aliphatic rings. The number of halogens is 1. The normalized spacial score (nSPS) is 11.7. The highest BCUT2D eigenvalue weighted by Gasteiger charge is 2.15. The summed E-state index contributed by atoms with van der Waals surface area (Å²) in [6, 6.07) is 10.8. The monoisotopic (exact) mass is 481 g/mol. The van der Waals surface area contributed by atoms with Crippen LogP contribution in [0.5, 0.6) is 11.5 Å². The van der Waals surface area contributed by atoms with E-state index in [1.807, 2.05) is 29.8 Å². The Bertz CT molecular complexity index is 1640. The lowest BCUT2D eigenvalue weighted by Crippen LogP contribution is -2.06. The van der Waals surface area contributed by atoms with Gasteiger partial charge in [-0.05, 0) is 30.3 Å². The molecule has 0 saturated carbocycles. The van der Waals surface area contributed by atoms with E-state index in [0.29, 0.717) is 33.5 Å². The van der Waals surface area contributed by atoms with Crippen LogP contribution in [-0.2, 0) is 16.9 Å². The van der Waals surface area contributed by atoms with Gasteiger partial charge in [-0.2, -0.15) is 0 Å². The van der Waals surface area contributed by atoms with Gasteiger partial charge in [0.1, 0.15) is 28.9 Å². The third-order valence-electron chi connectivity index (χ3n) is 4.81. The standard InChI is InChI=1S/C21H16ClN7O3S/c1-29-11-26-15-8-13(4-5-17(15)29)32-18-6-3-12(7-14(18)22)27-20-19-16(24-10-25-20)9-23-21(28-19)33(2,30)31/h3-11H,1-2H3,(H,24,25,27). The molecule has 0 aliphatic heterocycles. The van der Waals surface area contributed by atoms with E-state index in [4.69, 9.17) is 16.3 Å². The molecule has 0 fully saturated rings. The highest BCUT2D eigenvalue weighted by Crippen LogP contribution is 2.34. The molecule has 2 aromatic carbocycles. The lowest BCUT2D eigenvalue weighted by molar-refractivity contribution is 0.483. The van der Waals surface area contributed by atoms with Crippen LogP contribution in [0.2, 0.25) is 5.02 Å². The first kappa shape index (κ1) is 21.0. The van der Waals surface area contributed by atoms with Gasteiger partial charge in [0.05, 0.1) is 28.6 Å². The lowest BCUT2D eigenvalue weighted by atomic mass is 10.2. The SMILES string of the molecule is Cn1cnc2cc(Oc3ccc(Nc4ncnc5cnc(S(C)(=O)=O)nc45)cc3Cl)ccc21. The molecular formula is C21H16ClN7O3S. The Morgan fingerprint density at radius 3 is 2.67 bits per heavy atom. The van der Waals surface area contributed by atoms with Crippen molar-refractivity contribution in [3.8, 4) is 11.5 Å². The number of anilines is 2. The van der Waals surface area contributed by atoms with Crippen molar-refractivity contribution >= 4 is 55.0 Å². The number of rotatable bonds is 5. The van der Waals surface area contributed by atoms with Crippen LogP contribution in [0.25, 0.3) is 22.1 Å². The molecule has 0 amide bonds. The average molecular weight is 482 g/mol. The number of hydrogen-bond donors (Lipinski definition) is 1. The zero-order chi connectivity index (χ0) is 23.2. The van der Waals surface area contributed by atoms with Gasteiger partial charge in [0.25, 0.3) is 0 Å². The fourth-order valence-corrected chi connectivity index (χ4v) is 3.93. The van der Waals surface area contributed by atoms with Gasteiger partial charge in [-0.3, -0.25) is 0 Å². The van der Waals surface area contributed by atoms with Crippen LogP contribution in [0.4, 0.5) is 11.5 Å². The Hall–Kier alpha value is -3.83. The number of ether oxygens (including phenoxy) is 1. The highest BCUT2D eigenvalue weighted by molar-refractivity contribution is 7.90. The first-order valence-electron chi connectivity index (χ1n) is 9.61. The molecule has 0 aliphatic carbocycles. The number of imidazole rings is 1. The molecule has 0 radical (unpaired) electrons. The van der Waals surface area contributed by atoms with Gasteiger partial charge in [-0.1, -0.05) is 11.6 Å². The Kier molecular flexibility index (Phi) is 5.06. The van der Waals surface area contributed by atoms with Crippen LogP contribution >= 0.6 is 11.6 Å². The fraction of sp³-hybridized carbons (Fsp3) is 0.0952. The van der Waals surface area contributed by atoms with Gasteiger partial charge < -0.3 is 14.6 Å². The van der Waals surface area contributed by atoms with E-state index >= 15 is 0 Å². The smallest absolute Gasteiger partial charge is 0.247 e. The van der Waals surface area contributed by atoms with Crippen molar-refractivity contribution in [1.82, 2.24) is 29.5 Å². The highest BCUT2D eigenvalue weighted by atomic mass is 35.5. The van der Waals surface area contributed by atoms with Crippen molar-refractivity contribution in [2.24, 2.45) is 7.05 Å². The first-order chi connectivity index (χ1) is 15.8. The minimum absolute atomic E-state index is 0.271. The number of hydrogen-bond acceptors (Lipinski definition) is 9. The molecule has 12 heteroatoms. The van der Waals surface area contributed by atoms with Crippen molar-refractivity contribution < 1.29 is 13.2 Å². The summed E-state index contributed by atoms with van der Waals surface area (Å²) >= 11 is 6.45. The minimum atomic E-state index is -3.59. The molecule has 10 nitrogen and oxygen atoms in total. The summed E-state index contributed by atoms with van der Waals surface area (Å²) in [4.78, 5) is 20.6. The van der Waals surface area contributed by atoms with Gasteiger partial charge in [0.15, 0.2) is 5.82 Å². The Labute approximate surface area is 193 Å². The van der Waals surface area contributed by atoms with Crippen molar-refractivity contribution in [3.05, 3.63) is 60.3 Å². The third kappa shape index (κ3) is 4.15. The Morgan fingerprint density at radius 1 is 1.03 bits per heavy atom. The van der Waals surface area contributed by atoms with Crippen molar-refractivity contribution in [2.45, 2.75) is 5.16 Å². The predicted octanol–water partition coefficient (Wildman–Crippen LogP) is 3.90. The maximum atomic E-state index is 11.8. The van der Waals surface area contributed by atoms with Crippen LogP contribution in [0.1, 0.15) is 0 Å². The van der Waals surface area contributed by atoms with E-state index in [9.17, 15) is 8.42 Å². The molecule has 0 spiro atoms. The maximum Gasteiger partial charge on any atom is 0.247 e. The molecule has 166 valence electrons. The van der Waals surface area contributed by atoms with Crippen LogP contribution in [0, 0.1) is 0 Å². The Balaban J connectivity index is 1.43. The predicted molar refractivity (Wildman–Crippen MR) is 124 cm³/mol. The van der Waals surface area contributed by atoms with Crippen molar-refractivity contribution in [3.63, 3.8) is 0 Å². The second-order valence-electron chi connectivity index (χ2n) is 7.26. The minimum Gasteiger partial charge on any atom is -0.456 e. The van der Waals surface area contributed by atoms with Crippen LogP contribution in [0.15, 0.2) is 60.4 Å². The number of benzene rings is 2. The zero-order valence-corrected chi connectivity index (χ0v) is 19.0. The number of sulfone groups is 1. The lowest BCUT2D eigenvalue weighted by Gasteiger charge is -2.11. The average Bonchev–Trinajstić information content (AvgIpc) is 3.15. The summed E-state index contributed by atoms with van der Waals surface area (Å²) in [5, 5.41) is 3.16. The molecule has 3 aromatic heterocycles. The third-order valence-corrected chi connectivity index (χ3v) is 5.96. The summed E-state index contributed by atoms with van der Waals surface area (Å²) in [6.07, 6.45) is 5.45. The summed E-state index contributed by atoms with van der Waals surface area (Å²) in [5.41, 5.74) is 3.08. The fourth-order valence-electron chi connectivity index (χ4n) is 3.21. The van der Waals surface area contributed by atoms with Gasteiger partial charge >= 0.3 is 0 Å². The molecule has 5 aromatic rings. The molecule has 33 heavy (non-hydrogen) atoms. The molecular weight excluding hydrogens is 466 g/mol. The number of nitrogens with one attached hydrogen (secondary N) is 1. The van der Waals surface area contributed by atoms with E-state index in [1.54, 1.807) is 24.5 Å². The first-order valence-corrected chi connectivity index (χ1v) is 11.9. The summed E-state index contributed by atoms with van der Waals surface area (Å²) in [5.74, 6) is 1.39. The largest absolute Gasteiger partial charge is 0.456 e. The van der Waals surface area contributed by atoms with E-state index in [2.05, 4.69) is 30.2 Å². The van der Waals surface area contributed by atoms with Crippen LogP contribution in [0.3, 0.4) is 0 Å². The van der Waals surface area contributed by atoms with Gasteiger partial charge in [-0.25, -0.2) is 33.3 Å². The maximum absolute atomic E-state index is 11.8. The second kappa shape index (κ2) is 7.94. The Morgan fingerprint density at radius 2 is 1.88 bits per heavy atom. The van der Waals surface area contributed by atoms with Crippen molar-refractivity contribution in [1.29, 1.82) is 0 Å². The molecule has 5 rings (SSSR count). The van der Waals surface area contributed by atoms with Crippen LogP contribution < -0.4 is 10.1 Å². The quantitative estimate of drug-likeness (QED) is 0.372. The molecule has 0 saturated heterocycles. The summed E-state index contributed by atoms with van der Waals surface area (Å²) < 4.78 is 31.5. The molecule has 0 unspecified atom stereocenters. The van der Waals surface area contributed by atoms with Gasteiger partial charge in [0.2, 0.25) is 15.0 Å². The topological polar surface area (TPSA) is 125 Å². The van der Waals surface area contributed by atoms with Crippen LogP contribution in [-0.4, -0.2) is 44.2 Å². The number of fused-ring (bicyclic) bond motifs is 2. The van der Waals surface area contributed by atoms with Gasteiger partial charge in [0, 0.05) is 25.1 Å². The van der Waals surface area contributed by atoms with E-state index < -0.39 is 9.84 Å². The molecule has 0 atom stereocenters. The number of nitrogens with zero attached hydrogens (tertiary/aromatic N) is 6. The summed E-state index contributed by atoms with van der Waals surface area (Å²) in [6.45, 7) is 0. The van der Waals surface area contributed by atoms with Gasteiger partial charge in [-0.15, -0.1) is 0 Å². The zero-order valence-electron chi connectivity index (χ0n) is 17.4. The van der Waals surface area contributed by atoms with E-state index in [-0.39, 0.29) is 10.7 Å². The number of aromatic nitrogens is 6.